The average molecular weight is 434 g/mol. The Hall–Kier alpha value is -2.89. The van der Waals surface area contributed by atoms with E-state index >= 15 is 0 Å². The molecule has 11 heteroatoms. The number of aromatic nitrogens is 1. The lowest BCUT2D eigenvalue weighted by molar-refractivity contribution is -0.134. The Labute approximate surface area is 173 Å². The molecule has 2 aliphatic rings. The summed E-state index contributed by atoms with van der Waals surface area (Å²) in [5.74, 6) is -1.41. The summed E-state index contributed by atoms with van der Waals surface area (Å²) in [6.07, 6.45) is 0.890. The van der Waals surface area contributed by atoms with Gasteiger partial charge in [0.1, 0.15) is 0 Å². The molecule has 0 radical (unpaired) electrons. The molecule has 2 aromatic rings. The van der Waals surface area contributed by atoms with E-state index in [2.05, 4.69) is 21.3 Å². The van der Waals surface area contributed by atoms with Gasteiger partial charge in [0.15, 0.2) is 11.5 Å². The lowest BCUT2D eigenvalue weighted by atomic mass is 9.79. The first-order valence-corrected chi connectivity index (χ1v) is 11.4. The van der Waals surface area contributed by atoms with Gasteiger partial charge in [-0.25, -0.2) is 0 Å². The third-order valence-corrected chi connectivity index (χ3v) is 7.13. The molecule has 2 fully saturated rings. The first-order valence-electron chi connectivity index (χ1n) is 9.47. The second-order valence-electron chi connectivity index (χ2n) is 7.59. The molecule has 30 heavy (non-hydrogen) atoms. The number of rotatable bonds is 5. The van der Waals surface area contributed by atoms with Crippen LogP contribution in [0, 0.1) is 11.8 Å². The Morgan fingerprint density at radius 3 is 2.27 bits per heavy atom. The van der Waals surface area contributed by atoms with Gasteiger partial charge in [-0.1, -0.05) is 35.5 Å². The van der Waals surface area contributed by atoms with Crippen LogP contribution in [-0.4, -0.2) is 49.5 Å². The fraction of sp³-hybridized carbons (Fsp3) is 0.368. The van der Waals surface area contributed by atoms with Crippen molar-refractivity contribution in [1.82, 2.24) is 21.3 Å². The normalized spacial score (nSPS) is 23.4. The number of amides is 3. The van der Waals surface area contributed by atoms with Crippen molar-refractivity contribution in [3.05, 3.63) is 42.1 Å². The minimum atomic E-state index is -2.61. The molecule has 1 aromatic heterocycles. The summed E-state index contributed by atoms with van der Waals surface area (Å²) >= 11 is 0. The number of nitrogens with one attached hydrogen (secondary N) is 3. The molecule has 1 aromatic carbocycles. The third kappa shape index (κ3) is 4.48. The van der Waals surface area contributed by atoms with Gasteiger partial charge < -0.3 is 9.84 Å². The molecule has 3 amide bonds. The molecular weight excluding hydrogens is 412 g/mol. The second-order valence-corrected chi connectivity index (χ2v) is 9.86. The maximum atomic E-state index is 12.3. The number of nitrogens with zero attached hydrogens (tertiary/aromatic N) is 1. The summed E-state index contributed by atoms with van der Waals surface area (Å²) in [6, 6.07) is 10.7. The summed E-state index contributed by atoms with van der Waals surface area (Å²) < 4.78 is 23.8. The van der Waals surface area contributed by atoms with E-state index in [9.17, 15) is 23.5 Å². The zero-order chi connectivity index (χ0) is 21.3. The maximum Gasteiger partial charge on any atom is 0.273 e. The van der Waals surface area contributed by atoms with Gasteiger partial charge in [0.25, 0.3) is 5.91 Å². The third-order valence-electron chi connectivity index (χ3n) is 5.26. The van der Waals surface area contributed by atoms with E-state index < -0.39 is 22.4 Å². The fourth-order valence-corrected chi connectivity index (χ4v) is 4.90. The number of carbonyl (C=O) groups excluding carboxylic acids is 3. The van der Waals surface area contributed by atoms with E-state index in [0.717, 1.165) is 5.56 Å². The van der Waals surface area contributed by atoms with Gasteiger partial charge in [-0.2, -0.15) is 10.6 Å². The Bertz CT molecular complexity index is 949. The highest BCUT2D eigenvalue weighted by atomic mass is 32.3. The summed E-state index contributed by atoms with van der Waals surface area (Å²) in [6.45, 7) is 0. The molecule has 1 aliphatic carbocycles. The van der Waals surface area contributed by atoms with Crippen LogP contribution in [0.5, 0.6) is 0 Å². The maximum absolute atomic E-state index is 12.3. The van der Waals surface area contributed by atoms with E-state index in [1.165, 1.54) is 0 Å². The predicted octanol–water partition coefficient (Wildman–Crippen LogP) is 1.38. The van der Waals surface area contributed by atoms with E-state index in [1.54, 1.807) is 6.07 Å². The van der Waals surface area contributed by atoms with Crippen LogP contribution in [0.2, 0.25) is 0 Å². The van der Waals surface area contributed by atoms with Gasteiger partial charge in [-0.3, -0.25) is 34.3 Å². The highest BCUT2D eigenvalue weighted by Crippen LogP contribution is 2.51. The smallest absolute Gasteiger partial charge is 0.273 e. The SMILES string of the molecule is O=C(N[C@H]1C[C@H](C(=O)NNC(=O)C2CS(O)(O)C2)C1)c1cc(-c2ccccc2)on1. The fourth-order valence-electron chi connectivity index (χ4n) is 3.40. The van der Waals surface area contributed by atoms with Crippen LogP contribution in [0.4, 0.5) is 0 Å². The van der Waals surface area contributed by atoms with Crippen molar-refractivity contribution in [3.8, 4) is 11.3 Å². The highest BCUT2D eigenvalue weighted by Gasteiger charge is 2.40. The second kappa shape index (κ2) is 8.09. The molecule has 1 saturated carbocycles. The van der Waals surface area contributed by atoms with Crippen molar-refractivity contribution in [1.29, 1.82) is 0 Å². The number of hydrazine groups is 1. The minimum Gasteiger partial charge on any atom is -0.355 e. The molecule has 160 valence electrons. The molecule has 0 spiro atoms. The first-order chi connectivity index (χ1) is 14.3. The number of hydrogen-bond acceptors (Lipinski definition) is 7. The molecule has 0 unspecified atom stereocenters. The molecule has 0 atom stereocenters. The van der Waals surface area contributed by atoms with Crippen LogP contribution in [0.15, 0.2) is 40.9 Å². The van der Waals surface area contributed by atoms with Crippen LogP contribution in [-0.2, 0) is 9.59 Å². The van der Waals surface area contributed by atoms with Gasteiger partial charge in [0.2, 0.25) is 11.8 Å². The zero-order valence-electron chi connectivity index (χ0n) is 15.9. The van der Waals surface area contributed by atoms with Crippen molar-refractivity contribution in [2.24, 2.45) is 11.8 Å². The first kappa shape index (κ1) is 20.4. The molecule has 1 saturated heterocycles. The van der Waals surface area contributed by atoms with Crippen molar-refractivity contribution in [3.63, 3.8) is 0 Å². The molecule has 1 aliphatic heterocycles. The molecule has 10 nitrogen and oxygen atoms in total. The van der Waals surface area contributed by atoms with Crippen molar-refractivity contribution >= 4 is 28.3 Å². The van der Waals surface area contributed by atoms with Gasteiger partial charge in [0.05, 0.1) is 17.4 Å². The van der Waals surface area contributed by atoms with E-state index in [4.69, 9.17) is 4.52 Å². The van der Waals surface area contributed by atoms with Gasteiger partial charge in [-0.15, -0.1) is 0 Å². The lowest BCUT2D eigenvalue weighted by Crippen LogP contribution is -2.55. The van der Waals surface area contributed by atoms with Gasteiger partial charge >= 0.3 is 0 Å². The Kier molecular flexibility index (Phi) is 5.50. The van der Waals surface area contributed by atoms with E-state index in [0.29, 0.717) is 18.6 Å². The zero-order valence-corrected chi connectivity index (χ0v) is 16.7. The monoisotopic (exact) mass is 434 g/mol. The quantitative estimate of drug-likeness (QED) is 0.445. The molecular formula is C19H22N4O6S. The van der Waals surface area contributed by atoms with Gasteiger partial charge in [0, 0.05) is 23.6 Å². The predicted molar refractivity (Wildman–Crippen MR) is 108 cm³/mol. The molecule has 2 heterocycles. The number of carbonyl (C=O) groups is 3. The minimum absolute atomic E-state index is 0.0280. The highest BCUT2D eigenvalue weighted by molar-refractivity contribution is 8.25. The summed E-state index contributed by atoms with van der Waals surface area (Å²) in [7, 11) is -2.61. The van der Waals surface area contributed by atoms with Crippen molar-refractivity contribution in [2.45, 2.75) is 18.9 Å². The van der Waals surface area contributed by atoms with Crippen molar-refractivity contribution < 1.29 is 28.0 Å². The Morgan fingerprint density at radius 1 is 1.00 bits per heavy atom. The number of benzene rings is 1. The van der Waals surface area contributed by atoms with E-state index in [1.807, 2.05) is 30.3 Å². The summed E-state index contributed by atoms with van der Waals surface area (Å²) in [4.78, 5) is 36.2. The molecule has 0 bridgehead atoms. The van der Waals surface area contributed by atoms with Crippen LogP contribution in [0.25, 0.3) is 11.3 Å². The van der Waals surface area contributed by atoms with Crippen LogP contribution < -0.4 is 16.2 Å². The molecule has 4 rings (SSSR count). The van der Waals surface area contributed by atoms with Gasteiger partial charge in [-0.05, 0) is 12.8 Å². The summed E-state index contributed by atoms with van der Waals surface area (Å²) in [5, 5.41) is 6.61. The number of hydrogen-bond donors (Lipinski definition) is 5. The Balaban J connectivity index is 1.19. The largest absolute Gasteiger partial charge is 0.355 e. The van der Waals surface area contributed by atoms with E-state index in [-0.39, 0.29) is 41.0 Å². The molecule has 5 N–H and O–H groups in total. The Morgan fingerprint density at radius 2 is 1.63 bits per heavy atom. The van der Waals surface area contributed by atoms with Crippen LogP contribution in [0.3, 0.4) is 0 Å². The standard InChI is InChI=1S/C19H22N4O6S/c24-17(21-22-18(25)13-9-30(27,28)10-13)12-6-14(7-12)20-19(26)15-8-16(29-23-15)11-4-2-1-3-5-11/h1-5,8,12-14,27-28H,6-7,9-10H2,(H,20,26)(H,21,24)(H,22,25)/t12-,14-. The summed E-state index contributed by atoms with van der Waals surface area (Å²) in [5.41, 5.74) is 5.65. The topological polar surface area (TPSA) is 154 Å². The lowest BCUT2D eigenvalue weighted by Gasteiger charge is -2.46. The van der Waals surface area contributed by atoms with Crippen LogP contribution >= 0.6 is 10.6 Å². The van der Waals surface area contributed by atoms with Crippen LogP contribution in [0.1, 0.15) is 23.3 Å². The van der Waals surface area contributed by atoms with Crippen molar-refractivity contribution in [2.75, 3.05) is 11.5 Å². The average Bonchev–Trinajstić information content (AvgIpc) is 3.17.